The van der Waals surface area contributed by atoms with Crippen molar-refractivity contribution in [2.24, 2.45) is 5.41 Å². The third-order valence-electron chi connectivity index (χ3n) is 5.44. The standard InChI is InChI=1S/C23H26F3NO4S/c1-22(2,3)21(28)27(15-16-8-5-4-6-9-16)18-12-13-19-17(14-18)10-7-11-20(19)31-32(29,30)23(24,25)26/h4-11,18H,12-15H2,1-3H3/t18-/m0/s1. The number of carbonyl (C=O) groups is 1. The Morgan fingerprint density at radius 2 is 1.72 bits per heavy atom. The molecule has 2 aromatic rings. The predicted molar refractivity (Wildman–Crippen MR) is 114 cm³/mol. The van der Waals surface area contributed by atoms with Crippen LogP contribution in [0.3, 0.4) is 0 Å². The molecule has 0 unspecified atom stereocenters. The number of carbonyl (C=O) groups excluding carboxylic acids is 1. The molecule has 32 heavy (non-hydrogen) atoms. The first kappa shape index (κ1) is 24.1. The van der Waals surface area contributed by atoms with Crippen LogP contribution in [0.25, 0.3) is 0 Å². The maximum atomic E-state index is 13.2. The fraction of sp³-hybridized carbons (Fsp3) is 0.435. The van der Waals surface area contributed by atoms with Gasteiger partial charge in [0.15, 0.2) is 0 Å². The van der Waals surface area contributed by atoms with E-state index >= 15 is 0 Å². The zero-order chi connectivity index (χ0) is 23.7. The first-order valence-electron chi connectivity index (χ1n) is 10.3. The Morgan fingerprint density at radius 1 is 1.06 bits per heavy atom. The molecule has 1 amide bonds. The molecule has 174 valence electrons. The van der Waals surface area contributed by atoms with E-state index in [0.717, 1.165) is 5.56 Å². The van der Waals surface area contributed by atoms with Crippen LogP contribution in [0.2, 0.25) is 0 Å². The van der Waals surface area contributed by atoms with Gasteiger partial charge >= 0.3 is 15.6 Å². The van der Waals surface area contributed by atoms with Gasteiger partial charge in [-0.1, -0.05) is 63.2 Å². The highest BCUT2D eigenvalue weighted by Crippen LogP contribution is 2.36. The minimum Gasteiger partial charge on any atom is -0.376 e. The third-order valence-corrected chi connectivity index (χ3v) is 6.40. The van der Waals surface area contributed by atoms with Crippen molar-refractivity contribution in [1.82, 2.24) is 4.90 Å². The molecular formula is C23H26F3NO4S. The molecule has 0 aromatic heterocycles. The molecule has 1 atom stereocenters. The van der Waals surface area contributed by atoms with Crippen LogP contribution in [0.5, 0.6) is 5.75 Å². The van der Waals surface area contributed by atoms with Crippen molar-refractivity contribution in [3.05, 3.63) is 65.2 Å². The highest BCUT2D eigenvalue weighted by molar-refractivity contribution is 7.88. The van der Waals surface area contributed by atoms with Gasteiger partial charge in [-0.3, -0.25) is 4.79 Å². The number of fused-ring (bicyclic) bond motifs is 1. The number of hydrogen-bond acceptors (Lipinski definition) is 4. The molecule has 1 aliphatic rings. The van der Waals surface area contributed by atoms with E-state index in [-0.39, 0.29) is 17.7 Å². The van der Waals surface area contributed by atoms with E-state index in [1.807, 2.05) is 56.0 Å². The number of rotatable bonds is 5. The topological polar surface area (TPSA) is 63.7 Å². The summed E-state index contributed by atoms with van der Waals surface area (Å²) in [4.78, 5) is 15.1. The minimum atomic E-state index is -5.75. The molecule has 5 nitrogen and oxygen atoms in total. The number of alkyl halides is 3. The molecule has 0 saturated heterocycles. The first-order valence-corrected chi connectivity index (χ1v) is 11.7. The quantitative estimate of drug-likeness (QED) is 0.464. The highest BCUT2D eigenvalue weighted by atomic mass is 32.2. The fourth-order valence-corrected chi connectivity index (χ4v) is 4.33. The van der Waals surface area contributed by atoms with Gasteiger partial charge in [-0.25, -0.2) is 0 Å². The molecule has 0 spiro atoms. The van der Waals surface area contributed by atoms with Crippen molar-refractivity contribution in [3.63, 3.8) is 0 Å². The van der Waals surface area contributed by atoms with Gasteiger partial charge in [0.25, 0.3) is 0 Å². The minimum absolute atomic E-state index is 0.0261. The Hall–Kier alpha value is -2.55. The van der Waals surface area contributed by atoms with Crippen molar-refractivity contribution in [2.75, 3.05) is 0 Å². The summed E-state index contributed by atoms with van der Waals surface area (Å²) in [5.41, 5.74) is -4.03. The Labute approximate surface area is 186 Å². The van der Waals surface area contributed by atoms with Crippen LogP contribution in [0.4, 0.5) is 13.2 Å². The lowest BCUT2D eigenvalue weighted by atomic mass is 9.85. The molecule has 0 radical (unpaired) electrons. The lowest BCUT2D eigenvalue weighted by molar-refractivity contribution is -0.143. The van der Waals surface area contributed by atoms with Crippen LogP contribution in [0.15, 0.2) is 48.5 Å². The number of halogens is 3. The number of benzene rings is 2. The molecule has 0 fully saturated rings. The van der Waals surface area contributed by atoms with E-state index in [9.17, 15) is 26.4 Å². The maximum absolute atomic E-state index is 13.2. The number of hydrogen-bond donors (Lipinski definition) is 0. The summed E-state index contributed by atoms with van der Waals surface area (Å²) in [5, 5.41) is 0. The van der Waals surface area contributed by atoms with E-state index < -0.39 is 21.0 Å². The Balaban J connectivity index is 1.89. The summed E-state index contributed by atoms with van der Waals surface area (Å²) in [7, 11) is -5.75. The second-order valence-corrected chi connectivity index (χ2v) is 10.5. The summed E-state index contributed by atoms with van der Waals surface area (Å²) in [6, 6.07) is 13.8. The van der Waals surface area contributed by atoms with E-state index in [1.54, 1.807) is 6.07 Å². The summed E-state index contributed by atoms with van der Waals surface area (Å²) in [5.74, 6) is -0.336. The molecule has 1 aliphatic carbocycles. The van der Waals surface area contributed by atoms with Crippen molar-refractivity contribution >= 4 is 16.0 Å². The predicted octanol–water partition coefficient (Wildman–Crippen LogP) is 4.85. The van der Waals surface area contributed by atoms with Gasteiger partial charge in [-0.15, -0.1) is 0 Å². The largest absolute Gasteiger partial charge is 0.534 e. The molecule has 3 rings (SSSR count). The van der Waals surface area contributed by atoms with Crippen LogP contribution in [-0.2, 0) is 34.3 Å². The van der Waals surface area contributed by atoms with Crippen molar-refractivity contribution in [1.29, 1.82) is 0 Å². The molecule has 0 bridgehead atoms. The van der Waals surface area contributed by atoms with Crippen molar-refractivity contribution in [3.8, 4) is 5.75 Å². The van der Waals surface area contributed by atoms with Gasteiger partial charge in [-0.2, -0.15) is 21.6 Å². The number of nitrogens with zero attached hydrogens (tertiary/aromatic N) is 1. The van der Waals surface area contributed by atoms with E-state index in [4.69, 9.17) is 0 Å². The molecule has 9 heteroatoms. The molecule has 0 heterocycles. The Morgan fingerprint density at radius 3 is 2.31 bits per heavy atom. The Kier molecular flexibility index (Phi) is 6.60. The molecular weight excluding hydrogens is 443 g/mol. The third kappa shape index (κ3) is 5.26. The zero-order valence-corrected chi connectivity index (χ0v) is 19.0. The van der Waals surface area contributed by atoms with Crippen LogP contribution in [0.1, 0.15) is 43.9 Å². The zero-order valence-electron chi connectivity index (χ0n) is 18.1. The Bertz CT molecular complexity index is 1080. The van der Waals surface area contributed by atoms with E-state index in [0.29, 0.717) is 36.9 Å². The second-order valence-electron chi connectivity index (χ2n) is 8.94. The monoisotopic (exact) mass is 469 g/mol. The van der Waals surface area contributed by atoms with Crippen molar-refractivity contribution < 1.29 is 30.6 Å². The fourth-order valence-electron chi connectivity index (χ4n) is 3.84. The van der Waals surface area contributed by atoms with Gasteiger partial charge < -0.3 is 9.08 Å². The molecule has 0 aliphatic heterocycles. The molecule has 0 N–H and O–H groups in total. The van der Waals surface area contributed by atoms with E-state index in [1.165, 1.54) is 12.1 Å². The van der Waals surface area contributed by atoms with Crippen LogP contribution in [-0.4, -0.2) is 30.8 Å². The molecule has 2 aromatic carbocycles. The second kappa shape index (κ2) is 8.77. The summed E-state index contributed by atoms with van der Waals surface area (Å²) >= 11 is 0. The first-order chi connectivity index (χ1) is 14.8. The van der Waals surface area contributed by atoms with Gasteiger partial charge in [0.1, 0.15) is 5.75 Å². The van der Waals surface area contributed by atoms with Gasteiger partial charge in [-0.05, 0) is 42.0 Å². The van der Waals surface area contributed by atoms with Gasteiger partial charge in [0.05, 0.1) is 0 Å². The summed E-state index contributed by atoms with van der Waals surface area (Å²) in [6.07, 6.45) is 1.17. The van der Waals surface area contributed by atoms with Crippen molar-refractivity contribution in [2.45, 2.75) is 58.1 Å². The average Bonchev–Trinajstić information content (AvgIpc) is 2.70. The maximum Gasteiger partial charge on any atom is 0.534 e. The summed E-state index contributed by atoms with van der Waals surface area (Å²) in [6.45, 7) is 5.95. The van der Waals surface area contributed by atoms with E-state index in [2.05, 4.69) is 4.18 Å². The number of amides is 1. The van der Waals surface area contributed by atoms with Gasteiger partial charge in [0.2, 0.25) is 5.91 Å². The lowest BCUT2D eigenvalue weighted by Gasteiger charge is -2.39. The summed E-state index contributed by atoms with van der Waals surface area (Å²) < 4.78 is 65.7. The SMILES string of the molecule is CC(C)(C)C(=O)N(Cc1ccccc1)[C@H]1CCc2c(cccc2OS(=O)(=O)C(F)(F)F)C1. The highest BCUT2D eigenvalue weighted by Gasteiger charge is 2.49. The average molecular weight is 470 g/mol. The normalized spacial score (nSPS) is 16.9. The van der Waals surface area contributed by atoms with Crippen LogP contribution >= 0.6 is 0 Å². The van der Waals surface area contributed by atoms with Crippen LogP contribution in [0, 0.1) is 5.41 Å². The smallest absolute Gasteiger partial charge is 0.376 e. The van der Waals surface area contributed by atoms with Gasteiger partial charge in [0, 0.05) is 18.0 Å². The van der Waals surface area contributed by atoms with Crippen LogP contribution < -0.4 is 4.18 Å². The molecule has 0 saturated carbocycles. The lowest BCUT2D eigenvalue weighted by Crippen LogP contribution is -2.47.